The van der Waals surface area contributed by atoms with Crippen LogP contribution in [0.15, 0.2) is 59.8 Å². The van der Waals surface area contributed by atoms with Crippen LogP contribution in [-0.2, 0) is 10.0 Å². The molecule has 12 heteroatoms. The monoisotopic (exact) mass is 472 g/mol. The molecule has 11 nitrogen and oxygen atoms in total. The van der Waals surface area contributed by atoms with E-state index in [9.17, 15) is 18.5 Å². The van der Waals surface area contributed by atoms with Gasteiger partial charge in [-0.1, -0.05) is 26.0 Å². The summed E-state index contributed by atoms with van der Waals surface area (Å²) in [7, 11) is -2.12. The van der Waals surface area contributed by atoms with Crippen molar-refractivity contribution in [2.75, 3.05) is 30.8 Å². The van der Waals surface area contributed by atoms with E-state index in [1.54, 1.807) is 38.1 Å². The Kier molecular flexibility index (Phi) is 7.41. The Morgan fingerprint density at radius 3 is 2.18 bits per heavy atom. The number of para-hydroxylation sites is 2. The van der Waals surface area contributed by atoms with Crippen molar-refractivity contribution in [3.05, 3.63) is 65.0 Å². The first-order valence-electron chi connectivity index (χ1n) is 10.1. The molecule has 0 atom stereocenters. The number of ether oxygens (including phenoxy) is 1. The minimum atomic E-state index is -3.61. The molecule has 0 bridgehead atoms. The van der Waals surface area contributed by atoms with Gasteiger partial charge in [0.2, 0.25) is 21.7 Å². The van der Waals surface area contributed by atoms with E-state index in [-0.39, 0.29) is 22.2 Å². The molecule has 0 unspecified atom stereocenters. The molecule has 0 fully saturated rings. The smallest absolute Gasteiger partial charge is 0.353 e. The van der Waals surface area contributed by atoms with Crippen LogP contribution in [0.1, 0.15) is 13.8 Å². The number of methoxy groups -OCH3 is 1. The molecule has 0 radical (unpaired) electrons. The van der Waals surface area contributed by atoms with Gasteiger partial charge in [-0.3, -0.25) is 10.1 Å². The summed E-state index contributed by atoms with van der Waals surface area (Å²) in [5, 5.41) is 17.6. The van der Waals surface area contributed by atoms with E-state index >= 15 is 0 Å². The third kappa shape index (κ3) is 5.18. The topological polar surface area (TPSA) is 140 Å². The van der Waals surface area contributed by atoms with Gasteiger partial charge < -0.3 is 15.4 Å². The van der Waals surface area contributed by atoms with E-state index in [1.165, 1.54) is 42.0 Å². The van der Waals surface area contributed by atoms with Gasteiger partial charge in [0.15, 0.2) is 0 Å². The minimum Gasteiger partial charge on any atom is -0.495 e. The molecule has 0 saturated heterocycles. The predicted molar refractivity (Wildman–Crippen MR) is 125 cm³/mol. The van der Waals surface area contributed by atoms with Gasteiger partial charge in [-0.15, -0.1) is 0 Å². The Bertz CT molecular complexity index is 1230. The maximum absolute atomic E-state index is 12.7. The summed E-state index contributed by atoms with van der Waals surface area (Å²) in [6, 6.07) is 12.9. The van der Waals surface area contributed by atoms with Crippen molar-refractivity contribution in [1.29, 1.82) is 0 Å². The van der Waals surface area contributed by atoms with Crippen LogP contribution >= 0.6 is 0 Å². The molecule has 1 aromatic heterocycles. The highest BCUT2D eigenvalue weighted by atomic mass is 32.2. The second-order valence-electron chi connectivity index (χ2n) is 6.74. The Hall–Kier alpha value is -3.77. The van der Waals surface area contributed by atoms with Crippen LogP contribution in [0, 0.1) is 10.1 Å². The molecule has 2 aromatic carbocycles. The van der Waals surface area contributed by atoms with E-state index in [1.807, 2.05) is 0 Å². The van der Waals surface area contributed by atoms with E-state index < -0.39 is 14.9 Å². The number of hydrogen-bond donors (Lipinski definition) is 2. The lowest BCUT2D eigenvalue weighted by Gasteiger charge is -2.18. The van der Waals surface area contributed by atoms with Crippen LogP contribution in [-0.4, -0.2) is 47.8 Å². The van der Waals surface area contributed by atoms with Gasteiger partial charge in [0.05, 0.1) is 22.6 Å². The lowest BCUT2D eigenvalue weighted by atomic mass is 10.3. The number of hydrogen-bond acceptors (Lipinski definition) is 9. The van der Waals surface area contributed by atoms with Crippen molar-refractivity contribution in [2.24, 2.45) is 0 Å². The molecule has 0 aliphatic heterocycles. The second kappa shape index (κ2) is 10.2. The van der Waals surface area contributed by atoms with Crippen LogP contribution in [0.5, 0.6) is 5.75 Å². The Balaban J connectivity index is 1.91. The zero-order valence-electron chi connectivity index (χ0n) is 18.3. The average molecular weight is 473 g/mol. The molecule has 0 aliphatic carbocycles. The third-order valence-electron chi connectivity index (χ3n) is 4.83. The average Bonchev–Trinajstić information content (AvgIpc) is 2.80. The van der Waals surface area contributed by atoms with Gasteiger partial charge in [0.1, 0.15) is 12.1 Å². The van der Waals surface area contributed by atoms with Gasteiger partial charge in [0.25, 0.3) is 0 Å². The predicted octanol–water partition coefficient (Wildman–Crippen LogP) is 3.91. The van der Waals surface area contributed by atoms with E-state index in [0.29, 0.717) is 30.2 Å². The van der Waals surface area contributed by atoms with Crippen molar-refractivity contribution in [2.45, 2.75) is 18.7 Å². The van der Waals surface area contributed by atoms with E-state index in [0.717, 1.165) is 0 Å². The van der Waals surface area contributed by atoms with Gasteiger partial charge in [-0.25, -0.2) is 18.4 Å². The molecule has 2 N–H and O–H groups in total. The van der Waals surface area contributed by atoms with Gasteiger partial charge >= 0.3 is 5.69 Å². The number of sulfonamides is 1. The number of nitro groups is 1. The molecule has 33 heavy (non-hydrogen) atoms. The fourth-order valence-electron chi connectivity index (χ4n) is 3.17. The van der Waals surface area contributed by atoms with Crippen molar-refractivity contribution < 1.29 is 18.1 Å². The molecule has 0 aliphatic rings. The summed E-state index contributed by atoms with van der Waals surface area (Å²) in [5.41, 5.74) is 0.556. The summed E-state index contributed by atoms with van der Waals surface area (Å²) in [5.74, 6) is 0.416. The van der Waals surface area contributed by atoms with Gasteiger partial charge in [0, 0.05) is 18.8 Å². The molecule has 3 aromatic rings. The second-order valence-corrected chi connectivity index (χ2v) is 8.68. The standard InChI is InChI=1S/C21H24N6O5S/c1-4-26(5-2)33(30,31)16-12-10-15(11-13-16)24-20-19(27(28)29)21(23-14-22-20)25-17-8-6-7-9-18(17)32-3/h6-14H,4-5H2,1-3H3,(H2,22,23,24,25). The lowest BCUT2D eigenvalue weighted by Crippen LogP contribution is -2.30. The fourth-order valence-corrected chi connectivity index (χ4v) is 4.63. The molecule has 3 rings (SSSR count). The van der Waals surface area contributed by atoms with Crippen LogP contribution in [0.3, 0.4) is 0 Å². The van der Waals surface area contributed by atoms with Gasteiger partial charge in [-0.2, -0.15) is 4.31 Å². The summed E-state index contributed by atoms with van der Waals surface area (Å²) in [6.45, 7) is 4.24. The Labute approximate surface area is 191 Å². The minimum absolute atomic E-state index is 0.0252. The van der Waals surface area contributed by atoms with E-state index in [4.69, 9.17) is 4.74 Å². The SMILES string of the molecule is CCN(CC)S(=O)(=O)c1ccc(Nc2ncnc(Nc3ccccc3OC)c2[N+](=O)[O-])cc1. The molecule has 0 saturated carbocycles. The number of nitrogens with one attached hydrogen (secondary N) is 2. The summed E-state index contributed by atoms with van der Waals surface area (Å²) >= 11 is 0. The number of aromatic nitrogens is 2. The zero-order chi connectivity index (χ0) is 24.0. The van der Waals surface area contributed by atoms with Crippen molar-refractivity contribution in [3.63, 3.8) is 0 Å². The van der Waals surface area contributed by atoms with Gasteiger partial charge in [-0.05, 0) is 36.4 Å². The van der Waals surface area contributed by atoms with E-state index in [2.05, 4.69) is 20.6 Å². The molecular weight excluding hydrogens is 448 g/mol. The number of benzene rings is 2. The molecular formula is C21H24N6O5S. The van der Waals surface area contributed by atoms with Crippen LogP contribution in [0.25, 0.3) is 0 Å². The number of anilines is 4. The highest BCUT2D eigenvalue weighted by molar-refractivity contribution is 7.89. The van der Waals surface area contributed by atoms with Crippen LogP contribution in [0.4, 0.5) is 28.7 Å². The lowest BCUT2D eigenvalue weighted by molar-refractivity contribution is -0.383. The quantitative estimate of drug-likeness (QED) is 0.332. The normalized spacial score (nSPS) is 11.3. The largest absolute Gasteiger partial charge is 0.495 e. The highest BCUT2D eigenvalue weighted by Crippen LogP contribution is 2.35. The Morgan fingerprint density at radius 2 is 1.61 bits per heavy atom. The van der Waals surface area contributed by atoms with Crippen LogP contribution in [0.2, 0.25) is 0 Å². The summed E-state index contributed by atoms with van der Waals surface area (Å²) in [4.78, 5) is 19.4. The molecule has 174 valence electrons. The third-order valence-corrected chi connectivity index (χ3v) is 6.89. The maximum atomic E-state index is 12.7. The van der Waals surface area contributed by atoms with Crippen molar-refractivity contribution in [1.82, 2.24) is 14.3 Å². The highest BCUT2D eigenvalue weighted by Gasteiger charge is 2.25. The number of rotatable bonds is 10. The number of nitrogens with zero attached hydrogens (tertiary/aromatic N) is 4. The maximum Gasteiger partial charge on any atom is 0.353 e. The molecule has 1 heterocycles. The first-order chi connectivity index (χ1) is 15.8. The van der Waals surface area contributed by atoms with Crippen molar-refractivity contribution in [3.8, 4) is 5.75 Å². The van der Waals surface area contributed by atoms with Crippen LogP contribution < -0.4 is 15.4 Å². The first kappa shape index (κ1) is 23.9. The molecule has 0 spiro atoms. The summed E-state index contributed by atoms with van der Waals surface area (Å²) < 4.78 is 31.9. The summed E-state index contributed by atoms with van der Waals surface area (Å²) in [6.07, 6.45) is 1.19. The van der Waals surface area contributed by atoms with Crippen molar-refractivity contribution >= 4 is 38.7 Å². The first-order valence-corrected chi connectivity index (χ1v) is 11.5. The molecule has 0 amide bonds. The Morgan fingerprint density at radius 1 is 1.00 bits per heavy atom. The fraction of sp³-hybridized carbons (Fsp3) is 0.238. The zero-order valence-corrected chi connectivity index (χ0v) is 19.2.